The van der Waals surface area contributed by atoms with E-state index in [-0.39, 0.29) is 23.8 Å². The van der Waals surface area contributed by atoms with Crippen LogP contribution < -0.4 is 10.9 Å². The van der Waals surface area contributed by atoms with Gasteiger partial charge in [0.15, 0.2) is 0 Å². The molecular formula is C21H24F3N3O4. The summed E-state index contributed by atoms with van der Waals surface area (Å²) >= 11 is 0. The average molecular weight is 439 g/mol. The van der Waals surface area contributed by atoms with E-state index >= 15 is 0 Å². The number of carbonyl (C=O) groups excluding carboxylic acids is 1. The summed E-state index contributed by atoms with van der Waals surface area (Å²) in [6.07, 6.45) is -4.50. The van der Waals surface area contributed by atoms with Gasteiger partial charge in [0.2, 0.25) is 0 Å². The van der Waals surface area contributed by atoms with Gasteiger partial charge < -0.3 is 19.8 Å². The Morgan fingerprint density at radius 1 is 1.26 bits per heavy atom. The number of hydrogen-bond acceptors (Lipinski definition) is 5. The van der Waals surface area contributed by atoms with Crippen molar-refractivity contribution >= 4 is 5.91 Å². The minimum Gasteiger partial charge on any atom is -0.376 e. The number of hydrogen-bond donors (Lipinski definition) is 2. The van der Waals surface area contributed by atoms with Crippen molar-refractivity contribution in [2.45, 2.75) is 25.4 Å². The van der Waals surface area contributed by atoms with Crippen LogP contribution in [0.5, 0.6) is 0 Å². The first kappa shape index (κ1) is 23.0. The number of nitrogens with one attached hydrogen (secondary N) is 2. The maximum atomic E-state index is 12.8. The van der Waals surface area contributed by atoms with Gasteiger partial charge in [0.25, 0.3) is 11.5 Å². The Morgan fingerprint density at radius 2 is 2.06 bits per heavy atom. The molecule has 0 radical (unpaired) electrons. The van der Waals surface area contributed by atoms with Gasteiger partial charge in [-0.25, -0.2) is 0 Å². The molecule has 2 aromatic rings. The van der Waals surface area contributed by atoms with Crippen molar-refractivity contribution in [3.05, 3.63) is 69.1 Å². The molecule has 10 heteroatoms. The van der Waals surface area contributed by atoms with Gasteiger partial charge >= 0.3 is 6.18 Å². The molecule has 1 aliphatic rings. The number of halogens is 3. The number of aromatic amines is 1. The van der Waals surface area contributed by atoms with Crippen LogP contribution in [-0.4, -0.2) is 55.3 Å². The molecule has 0 spiro atoms. The smallest absolute Gasteiger partial charge is 0.376 e. The molecule has 1 atom stereocenters. The average Bonchev–Trinajstić information content (AvgIpc) is 2.72. The quantitative estimate of drug-likeness (QED) is 0.691. The SMILES string of the molecule is CN(Cc1ccc(C(=O)NCc2cccc(C(F)(F)F)c2)c(=O)[nH]1)CC1COCCO1. The first-order valence-electron chi connectivity index (χ1n) is 9.77. The number of aromatic nitrogens is 1. The summed E-state index contributed by atoms with van der Waals surface area (Å²) in [5, 5.41) is 2.48. The van der Waals surface area contributed by atoms with E-state index < -0.39 is 23.2 Å². The van der Waals surface area contributed by atoms with Crippen LogP contribution >= 0.6 is 0 Å². The van der Waals surface area contributed by atoms with Crippen molar-refractivity contribution < 1.29 is 27.4 Å². The molecule has 3 rings (SSSR count). The number of alkyl halides is 3. The third-order valence-corrected chi connectivity index (χ3v) is 4.76. The van der Waals surface area contributed by atoms with Crippen LogP contribution in [0.25, 0.3) is 0 Å². The second-order valence-electron chi connectivity index (χ2n) is 7.37. The highest BCUT2D eigenvalue weighted by Crippen LogP contribution is 2.29. The minimum atomic E-state index is -4.46. The van der Waals surface area contributed by atoms with E-state index in [0.717, 1.165) is 12.1 Å². The zero-order valence-corrected chi connectivity index (χ0v) is 17.0. The summed E-state index contributed by atoms with van der Waals surface area (Å²) in [4.78, 5) is 29.3. The van der Waals surface area contributed by atoms with Gasteiger partial charge in [0.05, 0.1) is 31.5 Å². The van der Waals surface area contributed by atoms with Crippen LogP contribution in [0.15, 0.2) is 41.2 Å². The van der Waals surface area contributed by atoms with E-state index in [1.54, 1.807) is 6.07 Å². The molecule has 31 heavy (non-hydrogen) atoms. The summed E-state index contributed by atoms with van der Waals surface area (Å²) in [5.41, 5.74) is -0.562. The minimum absolute atomic E-state index is 0.0358. The number of carbonyl (C=O) groups is 1. The first-order valence-corrected chi connectivity index (χ1v) is 9.77. The number of likely N-dealkylation sites (N-methyl/N-ethyl adjacent to an activating group) is 1. The predicted molar refractivity (Wildman–Crippen MR) is 107 cm³/mol. The van der Waals surface area contributed by atoms with Crippen LogP contribution in [-0.2, 0) is 28.7 Å². The number of pyridine rings is 1. The van der Waals surface area contributed by atoms with Crippen LogP contribution in [0.1, 0.15) is 27.2 Å². The number of rotatable bonds is 7. The highest BCUT2D eigenvalue weighted by atomic mass is 19.4. The van der Waals surface area contributed by atoms with Crippen LogP contribution in [0.2, 0.25) is 0 Å². The lowest BCUT2D eigenvalue weighted by atomic mass is 10.1. The van der Waals surface area contributed by atoms with Crippen molar-refractivity contribution in [3.63, 3.8) is 0 Å². The summed E-state index contributed by atoms with van der Waals surface area (Å²) < 4.78 is 49.3. The van der Waals surface area contributed by atoms with Crippen molar-refractivity contribution in [2.75, 3.05) is 33.4 Å². The molecule has 0 aliphatic carbocycles. The van der Waals surface area contributed by atoms with E-state index in [2.05, 4.69) is 10.3 Å². The highest BCUT2D eigenvalue weighted by molar-refractivity contribution is 5.93. The molecule has 0 bridgehead atoms. The Kier molecular flexibility index (Phi) is 7.47. The molecule has 1 amide bonds. The fourth-order valence-corrected chi connectivity index (χ4v) is 3.27. The monoisotopic (exact) mass is 439 g/mol. The normalized spacial score (nSPS) is 17.0. The number of ether oxygens (including phenoxy) is 2. The fourth-order valence-electron chi connectivity index (χ4n) is 3.27. The first-order chi connectivity index (χ1) is 14.7. The van der Waals surface area contributed by atoms with Crippen molar-refractivity contribution in [1.82, 2.24) is 15.2 Å². The molecule has 168 valence electrons. The molecule has 7 nitrogen and oxygen atoms in total. The Bertz CT molecular complexity index is 955. The van der Waals surface area contributed by atoms with Crippen LogP contribution in [0, 0.1) is 0 Å². The molecule has 1 unspecified atom stereocenters. The van der Waals surface area contributed by atoms with E-state index in [0.29, 0.717) is 38.6 Å². The lowest BCUT2D eigenvalue weighted by Crippen LogP contribution is -2.38. The molecule has 1 fully saturated rings. The number of benzene rings is 1. The van der Waals surface area contributed by atoms with E-state index in [9.17, 15) is 22.8 Å². The van der Waals surface area contributed by atoms with Gasteiger partial charge in [0.1, 0.15) is 5.56 Å². The van der Waals surface area contributed by atoms with Gasteiger partial charge in [-0.2, -0.15) is 13.2 Å². The zero-order valence-electron chi connectivity index (χ0n) is 17.0. The van der Waals surface area contributed by atoms with Crippen molar-refractivity contribution in [1.29, 1.82) is 0 Å². The lowest BCUT2D eigenvalue weighted by molar-refractivity contribution is -0.137. The third kappa shape index (κ3) is 6.65. The molecule has 0 saturated carbocycles. The predicted octanol–water partition coefficient (Wildman–Crippen LogP) is 2.17. The van der Waals surface area contributed by atoms with Crippen molar-refractivity contribution in [2.24, 2.45) is 0 Å². The van der Waals surface area contributed by atoms with Gasteiger partial charge in [0, 0.05) is 25.3 Å². The molecular weight excluding hydrogens is 415 g/mol. The van der Waals surface area contributed by atoms with Crippen LogP contribution in [0.3, 0.4) is 0 Å². The number of nitrogens with zero attached hydrogens (tertiary/aromatic N) is 1. The molecule has 1 saturated heterocycles. The topological polar surface area (TPSA) is 83.7 Å². The molecule has 2 N–H and O–H groups in total. The van der Waals surface area contributed by atoms with Gasteiger partial charge in [-0.1, -0.05) is 12.1 Å². The molecule has 2 heterocycles. The Morgan fingerprint density at radius 3 is 2.74 bits per heavy atom. The summed E-state index contributed by atoms with van der Waals surface area (Å²) in [6.45, 7) is 2.61. The van der Waals surface area contributed by atoms with Gasteiger partial charge in [-0.05, 0) is 36.9 Å². The van der Waals surface area contributed by atoms with Gasteiger partial charge in [-0.15, -0.1) is 0 Å². The summed E-state index contributed by atoms with van der Waals surface area (Å²) in [5.74, 6) is -0.661. The standard InChI is InChI=1S/C21H24F3N3O4/c1-27(12-17-13-30-7-8-31-17)11-16-5-6-18(20(29)26-16)19(28)25-10-14-3-2-4-15(9-14)21(22,23)24/h2-6,9,17H,7-8,10-13H2,1H3,(H,25,28)(H,26,29). The maximum absolute atomic E-state index is 12.8. The second-order valence-corrected chi connectivity index (χ2v) is 7.37. The molecule has 1 aromatic heterocycles. The van der Waals surface area contributed by atoms with Crippen LogP contribution in [0.4, 0.5) is 13.2 Å². The fraction of sp³-hybridized carbons (Fsp3) is 0.429. The van der Waals surface area contributed by atoms with Gasteiger partial charge in [-0.3, -0.25) is 14.5 Å². The summed E-state index contributed by atoms with van der Waals surface area (Å²) in [7, 11) is 1.88. The second kappa shape index (κ2) is 10.1. The Labute approximate surface area is 177 Å². The Balaban J connectivity index is 1.56. The summed E-state index contributed by atoms with van der Waals surface area (Å²) in [6, 6.07) is 7.70. The number of H-pyrrole nitrogens is 1. The third-order valence-electron chi connectivity index (χ3n) is 4.76. The van der Waals surface area contributed by atoms with Crippen molar-refractivity contribution in [3.8, 4) is 0 Å². The largest absolute Gasteiger partial charge is 0.416 e. The zero-order chi connectivity index (χ0) is 22.4. The molecule has 1 aliphatic heterocycles. The van der Waals surface area contributed by atoms with E-state index in [1.807, 2.05) is 11.9 Å². The number of amides is 1. The molecule has 1 aromatic carbocycles. The highest BCUT2D eigenvalue weighted by Gasteiger charge is 2.30. The van der Waals surface area contributed by atoms with E-state index in [1.165, 1.54) is 18.2 Å². The van der Waals surface area contributed by atoms with E-state index in [4.69, 9.17) is 9.47 Å². The maximum Gasteiger partial charge on any atom is 0.416 e. The lowest BCUT2D eigenvalue weighted by Gasteiger charge is -2.27. The Hall–Kier alpha value is -2.69.